The molecule has 0 radical (unpaired) electrons. The van der Waals surface area contributed by atoms with Crippen LogP contribution in [-0.2, 0) is 11.2 Å². The van der Waals surface area contributed by atoms with Crippen LogP contribution in [0.5, 0.6) is 5.75 Å². The Morgan fingerprint density at radius 1 is 1.16 bits per heavy atom. The average Bonchev–Trinajstić information content (AvgIpc) is 2.60. The largest absolute Gasteiger partial charge is 0.494 e. The molecule has 0 aliphatic carbocycles. The van der Waals surface area contributed by atoms with Gasteiger partial charge >= 0.3 is 0 Å². The summed E-state index contributed by atoms with van der Waals surface area (Å²) in [7, 11) is 1.91. The maximum absolute atomic E-state index is 12.8. The molecule has 25 heavy (non-hydrogen) atoms. The van der Waals surface area contributed by atoms with Crippen molar-refractivity contribution in [2.45, 2.75) is 19.8 Å². The third kappa shape index (κ3) is 6.55. The third-order valence-electron chi connectivity index (χ3n) is 3.85. The highest BCUT2D eigenvalue weighted by atomic mass is 19.1. The predicted octanol–water partition coefficient (Wildman–Crippen LogP) is 3.73. The van der Waals surface area contributed by atoms with Crippen LogP contribution in [-0.4, -0.2) is 37.6 Å². The van der Waals surface area contributed by atoms with E-state index in [0.717, 1.165) is 30.6 Å². The summed E-state index contributed by atoms with van der Waals surface area (Å²) < 4.78 is 18.4. The fourth-order valence-corrected chi connectivity index (χ4v) is 2.52. The van der Waals surface area contributed by atoms with Gasteiger partial charge in [0.15, 0.2) is 0 Å². The maximum atomic E-state index is 12.8. The molecule has 0 fully saturated rings. The zero-order valence-corrected chi connectivity index (χ0v) is 14.8. The Labute approximate surface area is 148 Å². The summed E-state index contributed by atoms with van der Waals surface area (Å²) in [6.45, 7) is 3.66. The number of rotatable bonds is 9. The molecule has 0 unspecified atom stereocenters. The standard InChI is InChI=1S/C20H25FN2O2/c1-3-16-7-4-5-8-19(16)22-20(24)15-23(2)13-6-14-25-18-11-9-17(21)10-12-18/h4-5,7-12H,3,6,13-15H2,1-2H3,(H,22,24). The molecule has 4 nitrogen and oxygen atoms in total. The van der Waals surface area contributed by atoms with Crippen molar-refractivity contribution in [2.75, 3.05) is 32.1 Å². The smallest absolute Gasteiger partial charge is 0.238 e. The monoisotopic (exact) mass is 344 g/mol. The number of ether oxygens (including phenoxy) is 1. The fourth-order valence-electron chi connectivity index (χ4n) is 2.52. The normalized spacial score (nSPS) is 10.7. The summed E-state index contributed by atoms with van der Waals surface area (Å²) in [6, 6.07) is 13.8. The Kier molecular flexibility index (Phi) is 7.41. The van der Waals surface area contributed by atoms with E-state index in [2.05, 4.69) is 12.2 Å². The van der Waals surface area contributed by atoms with Gasteiger partial charge in [-0.25, -0.2) is 4.39 Å². The molecule has 0 atom stereocenters. The number of nitrogens with zero attached hydrogens (tertiary/aromatic N) is 1. The van der Waals surface area contributed by atoms with Crippen molar-refractivity contribution in [3.8, 4) is 5.75 Å². The van der Waals surface area contributed by atoms with E-state index in [1.807, 2.05) is 36.2 Å². The van der Waals surface area contributed by atoms with Gasteiger partial charge in [0.25, 0.3) is 0 Å². The number of hydrogen-bond acceptors (Lipinski definition) is 3. The van der Waals surface area contributed by atoms with E-state index in [9.17, 15) is 9.18 Å². The molecule has 0 aliphatic heterocycles. The van der Waals surface area contributed by atoms with Crippen LogP contribution in [0.4, 0.5) is 10.1 Å². The first-order valence-electron chi connectivity index (χ1n) is 8.53. The van der Waals surface area contributed by atoms with Crippen molar-refractivity contribution in [2.24, 2.45) is 0 Å². The molecule has 0 aliphatic rings. The number of benzene rings is 2. The van der Waals surface area contributed by atoms with E-state index in [1.54, 1.807) is 12.1 Å². The molecular weight excluding hydrogens is 319 g/mol. The van der Waals surface area contributed by atoms with Gasteiger partial charge in [-0.1, -0.05) is 25.1 Å². The van der Waals surface area contributed by atoms with Crippen molar-refractivity contribution in [1.29, 1.82) is 0 Å². The van der Waals surface area contributed by atoms with Gasteiger partial charge in [-0.2, -0.15) is 0 Å². The van der Waals surface area contributed by atoms with Gasteiger partial charge in [0.2, 0.25) is 5.91 Å². The number of likely N-dealkylation sites (N-methyl/N-ethyl adjacent to an activating group) is 1. The zero-order valence-electron chi connectivity index (χ0n) is 14.8. The van der Waals surface area contributed by atoms with E-state index >= 15 is 0 Å². The lowest BCUT2D eigenvalue weighted by Crippen LogP contribution is -2.31. The number of carbonyl (C=O) groups is 1. The van der Waals surface area contributed by atoms with Gasteiger partial charge in [0.1, 0.15) is 11.6 Å². The predicted molar refractivity (Wildman–Crippen MR) is 98.5 cm³/mol. The number of carbonyl (C=O) groups excluding carboxylic acids is 1. The van der Waals surface area contributed by atoms with Crippen molar-refractivity contribution in [1.82, 2.24) is 4.90 Å². The van der Waals surface area contributed by atoms with Crippen LogP contribution in [0.15, 0.2) is 48.5 Å². The van der Waals surface area contributed by atoms with Crippen LogP contribution < -0.4 is 10.1 Å². The van der Waals surface area contributed by atoms with Crippen molar-refractivity contribution in [3.63, 3.8) is 0 Å². The summed E-state index contributed by atoms with van der Waals surface area (Å²) >= 11 is 0. The minimum atomic E-state index is -0.275. The summed E-state index contributed by atoms with van der Waals surface area (Å²) in [4.78, 5) is 14.1. The van der Waals surface area contributed by atoms with Crippen LogP contribution in [0.3, 0.4) is 0 Å². The second kappa shape index (κ2) is 9.79. The molecule has 2 rings (SSSR count). The van der Waals surface area contributed by atoms with Gasteiger partial charge < -0.3 is 10.1 Å². The Balaban J connectivity index is 1.68. The first-order chi connectivity index (χ1) is 12.1. The molecular formula is C20H25FN2O2. The molecule has 134 valence electrons. The SMILES string of the molecule is CCc1ccccc1NC(=O)CN(C)CCCOc1ccc(F)cc1. The van der Waals surface area contributed by atoms with Gasteiger partial charge in [0.05, 0.1) is 13.2 Å². The lowest BCUT2D eigenvalue weighted by Gasteiger charge is -2.17. The minimum Gasteiger partial charge on any atom is -0.494 e. The molecule has 1 amide bonds. The highest BCUT2D eigenvalue weighted by Crippen LogP contribution is 2.15. The molecule has 0 spiro atoms. The Hall–Kier alpha value is -2.40. The Bertz CT molecular complexity index is 674. The number of aryl methyl sites for hydroxylation is 1. The van der Waals surface area contributed by atoms with Gasteiger partial charge in [-0.3, -0.25) is 9.69 Å². The Morgan fingerprint density at radius 2 is 1.88 bits per heavy atom. The van der Waals surface area contributed by atoms with Crippen LogP contribution in [0.25, 0.3) is 0 Å². The molecule has 1 N–H and O–H groups in total. The number of hydrogen-bond donors (Lipinski definition) is 1. The topological polar surface area (TPSA) is 41.6 Å². The molecule has 0 saturated carbocycles. The Morgan fingerprint density at radius 3 is 2.60 bits per heavy atom. The molecule has 0 saturated heterocycles. The quantitative estimate of drug-likeness (QED) is 0.705. The number of halogens is 1. The van der Waals surface area contributed by atoms with Gasteiger partial charge in [0, 0.05) is 12.2 Å². The van der Waals surface area contributed by atoms with Crippen LogP contribution in [0.1, 0.15) is 18.9 Å². The second-order valence-electron chi connectivity index (χ2n) is 5.95. The summed E-state index contributed by atoms with van der Waals surface area (Å²) in [6.07, 6.45) is 1.67. The third-order valence-corrected chi connectivity index (χ3v) is 3.85. The molecule has 2 aromatic rings. The van der Waals surface area contributed by atoms with E-state index in [1.165, 1.54) is 12.1 Å². The number of anilines is 1. The fraction of sp³-hybridized carbons (Fsp3) is 0.350. The zero-order chi connectivity index (χ0) is 18.1. The van der Waals surface area contributed by atoms with E-state index in [0.29, 0.717) is 18.9 Å². The second-order valence-corrected chi connectivity index (χ2v) is 5.95. The molecule has 0 aromatic heterocycles. The van der Waals surface area contributed by atoms with E-state index < -0.39 is 0 Å². The first kappa shape index (κ1) is 18.9. The van der Waals surface area contributed by atoms with Crippen molar-refractivity contribution in [3.05, 3.63) is 59.9 Å². The minimum absolute atomic E-state index is 0.0251. The lowest BCUT2D eigenvalue weighted by atomic mass is 10.1. The lowest BCUT2D eigenvalue weighted by molar-refractivity contribution is -0.117. The van der Waals surface area contributed by atoms with Crippen molar-refractivity contribution >= 4 is 11.6 Å². The molecule has 0 heterocycles. The van der Waals surface area contributed by atoms with Crippen LogP contribution in [0, 0.1) is 5.82 Å². The van der Waals surface area contributed by atoms with Crippen LogP contribution in [0.2, 0.25) is 0 Å². The highest BCUT2D eigenvalue weighted by Gasteiger charge is 2.08. The number of nitrogens with one attached hydrogen (secondary N) is 1. The number of amides is 1. The highest BCUT2D eigenvalue weighted by molar-refractivity contribution is 5.92. The van der Waals surface area contributed by atoms with Gasteiger partial charge in [-0.15, -0.1) is 0 Å². The first-order valence-corrected chi connectivity index (χ1v) is 8.53. The molecule has 2 aromatic carbocycles. The van der Waals surface area contributed by atoms with Crippen LogP contribution >= 0.6 is 0 Å². The summed E-state index contributed by atoms with van der Waals surface area (Å²) in [5, 5.41) is 2.97. The summed E-state index contributed by atoms with van der Waals surface area (Å²) in [5.74, 6) is 0.351. The summed E-state index contributed by atoms with van der Waals surface area (Å²) in [5.41, 5.74) is 2.01. The van der Waals surface area contributed by atoms with E-state index in [-0.39, 0.29) is 11.7 Å². The average molecular weight is 344 g/mol. The maximum Gasteiger partial charge on any atom is 0.238 e. The molecule has 0 bridgehead atoms. The van der Waals surface area contributed by atoms with Gasteiger partial charge in [-0.05, 0) is 55.8 Å². The van der Waals surface area contributed by atoms with Crippen molar-refractivity contribution < 1.29 is 13.9 Å². The number of para-hydroxylation sites is 1. The molecule has 5 heteroatoms. The van der Waals surface area contributed by atoms with E-state index in [4.69, 9.17) is 4.74 Å².